The van der Waals surface area contributed by atoms with Crippen LogP contribution in [0, 0.1) is 12.7 Å². The summed E-state index contributed by atoms with van der Waals surface area (Å²) in [6, 6.07) is 11.7. The molecule has 0 aliphatic heterocycles. The molecule has 0 spiro atoms. The van der Waals surface area contributed by atoms with Gasteiger partial charge in [0.05, 0.1) is 5.56 Å². The molecule has 2 aromatic rings. The van der Waals surface area contributed by atoms with Gasteiger partial charge in [-0.05, 0) is 42.8 Å². The third kappa shape index (κ3) is 4.16. The predicted molar refractivity (Wildman–Crippen MR) is 84.5 cm³/mol. The zero-order valence-electron chi connectivity index (χ0n) is 11.6. The zero-order valence-corrected chi connectivity index (χ0v) is 12.5. The van der Waals surface area contributed by atoms with Crippen molar-refractivity contribution in [1.29, 1.82) is 0 Å². The van der Waals surface area contributed by atoms with Crippen molar-refractivity contribution >= 4 is 17.2 Å². The number of halogens is 1. The summed E-state index contributed by atoms with van der Waals surface area (Å²) in [6.45, 7) is 2.48. The van der Waals surface area contributed by atoms with E-state index >= 15 is 0 Å². The highest BCUT2D eigenvalue weighted by Gasteiger charge is 2.06. The minimum Gasteiger partial charge on any atom is -0.490 e. The van der Waals surface area contributed by atoms with E-state index in [0.717, 1.165) is 5.56 Å². The molecule has 0 aliphatic rings. The van der Waals surface area contributed by atoms with E-state index in [2.05, 4.69) is 0 Å². The van der Waals surface area contributed by atoms with E-state index in [1.165, 1.54) is 12.1 Å². The average molecular weight is 305 g/mol. The van der Waals surface area contributed by atoms with Crippen molar-refractivity contribution in [3.8, 4) is 11.5 Å². The van der Waals surface area contributed by atoms with Crippen LogP contribution >= 0.6 is 12.2 Å². The fraction of sp³-hybridized carbons (Fsp3) is 0.188. The quantitative estimate of drug-likeness (QED) is 0.657. The second kappa shape index (κ2) is 7.04. The molecule has 0 saturated carbocycles. The van der Waals surface area contributed by atoms with Crippen LogP contribution in [0.4, 0.5) is 4.39 Å². The van der Waals surface area contributed by atoms with Crippen LogP contribution < -0.4 is 15.2 Å². The monoisotopic (exact) mass is 305 g/mol. The van der Waals surface area contributed by atoms with E-state index in [1.807, 2.05) is 18.2 Å². The number of rotatable bonds is 6. The van der Waals surface area contributed by atoms with Crippen molar-refractivity contribution < 1.29 is 13.9 Å². The Hall–Kier alpha value is -2.14. The Kier molecular flexibility index (Phi) is 5.11. The topological polar surface area (TPSA) is 44.5 Å². The van der Waals surface area contributed by atoms with E-state index < -0.39 is 0 Å². The molecule has 0 atom stereocenters. The maximum Gasteiger partial charge on any atom is 0.129 e. The lowest BCUT2D eigenvalue weighted by atomic mass is 10.2. The number of thiocarbonyl (C=S) groups is 1. The van der Waals surface area contributed by atoms with Gasteiger partial charge in [-0.25, -0.2) is 4.39 Å². The Labute approximate surface area is 128 Å². The van der Waals surface area contributed by atoms with Gasteiger partial charge in [-0.3, -0.25) is 0 Å². The molecule has 3 nitrogen and oxygen atoms in total. The van der Waals surface area contributed by atoms with Crippen molar-refractivity contribution in [3.05, 3.63) is 59.4 Å². The van der Waals surface area contributed by atoms with Crippen molar-refractivity contribution in [2.75, 3.05) is 13.2 Å². The molecule has 21 heavy (non-hydrogen) atoms. The second-order valence-corrected chi connectivity index (χ2v) is 4.91. The molecule has 2 N–H and O–H groups in total. The Bertz CT molecular complexity index is 646. The minimum absolute atomic E-state index is 0.276. The molecule has 0 aliphatic carbocycles. The second-order valence-electron chi connectivity index (χ2n) is 4.47. The summed E-state index contributed by atoms with van der Waals surface area (Å²) in [6.07, 6.45) is 0. The van der Waals surface area contributed by atoms with Gasteiger partial charge >= 0.3 is 0 Å². The maximum absolute atomic E-state index is 13.0. The maximum atomic E-state index is 13.0. The number of hydrogen-bond acceptors (Lipinski definition) is 3. The standard InChI is InChI=1S/C16H16FNO2S/c1-11-10-12(17)6-7-14(11)19-8-9-20-15-5-3-2-4-13(15)16(18)21/h2-7,10H,8-9H2,1H3,(H2,18,21). The lowest BCUT2D eigenvalue weighted by Gasteiger charge is -2.12. The van der Waals surface area contributed by atoms with Crippen molar-refractivity contribution in [2.45, 2.75) is 6.92 Å². The fourth-order valence-corrected chi connectivity index (χ4v) is 2.04. The number of para-hydroxylation sites is 1. The number of hydrogen-bond donors (Lipinski definition) is 1. The molecule has 2 rings (SSSR count). The molecule has 2 aromatic carbocycles. The van der Waals surface area contributed by atoms with E-state index in [1.54, 1.807) is 19.1 Å². The first-order valence-corrected chi connectivity index (χ1v) is 6.89. The van der Waals surface area contributed by atoms with Gasteiger partial charge < -0.3 is 15.2 Å². The first kappa shape index (κ1) is 15.3. The van der Waals surface area contributed by atoms with Crippen molar-refractivity contribution in [3.63, 3.8) is 0 Å². The molecular weight excluding hydrogens is 289 g/mol. The van der Waals surface area contributed by atoms with Crippen LogP contribution in [0.25, 0.3) is 0 Å². The lowest BCUT2D eigenvalue weighted by molar-refractivity contribution is 0.216. The molecule has 0 heterocycles. The summed E-state index contributed by atoms with van der Waals surface area (Å²) in [5.74, 6) is 0.994. The molecular formula is C16H16FNO2S. The molecule has 110 valence electrons. The smallest absolute Gasteiger partial charge is 0.129 e. The highest BCUT2D eigenvalue weighted by molar-refractivity contribution is 7.80. The van der Waals surface area contributed by atoms with Crippen LogP contribution in [-0.2, 0) is 0 Å². The van der Waals surface area contributed by atoms with Crippen molar-refractivity contribution in [1.82, 2.24) is 0 Å². The van der Waals surface area contributed by atoms with Crippen LogP contribution in [0.1, 0.15) is 11.1 Å². The molecule has 0 unspecified atom stereocenters. The van der Waals surface area contributed by atoms with E-state index in [4.69, 9.17) is 27.4 Å². The average Bonchev–Trinajstić information content (AvgIpc) is 2.45. The third-order valence-corrected chi connectivity index (χ3v) is 3.11. The largest absolute Gasteiger partial charge is 0.490 e. The first-order valence-electron chi connectivity index (χ1n) is 6.48. The van der Waals surface area contributed by atoms with Gasteiger partial charge in [-0.15, -0.1) is 0 Å². The van der Waals surface area contributed by atoms with E-state index in [-0.39, 0.29) is 5.82 Å². The van der Waals surface area contributed by atoms with Gasteiger partial charge in [0.15, 0.2) is 0 Å². The summed E-state index contributed by atoms with van der Waals surface area (Å²) in [4.78, 5) is 0.292. The Morgan fingerprint density at radius 2 is 1.76 bits per heavy atom. The highest BCUT2D eigenvalue weighted by Crippen LogP contribution is 2.19. The van der Waals surface area contributed by atoms with Crippen LogP contribution in [-0.4, -0.2) is 18.2 Å². The van der Waals surface area contributed by atoms with Gasteiger partial charge in [0, 0.05) is 0 Å². The number of aryl methyl sites for hydroxylation is 1. The number of benzene rings is 2. The predicted octanol–water partition coefficient (Wildman–Crippen LogP) is 3.23. The summed E-state index contributed by atoms with van der Waals surface area (Å²) in [5.41, 5.74) is 7.08. The van der Waals surface area contributed by atoms with E-state index in [0.29, 0.717) is 35.3 Å². The molecule has 0 amide bonds. The summed E-state index contributed by atoms with van der Waals surface area (Å²) in [5, 5.41) is 0. The van der Waals surface area contributed by atoms with Crippen LogP contribution in [0.15, 0.2) is 42.5 Å². The Balaban J connectivity index is 1.89. The lowest BCUT2D eigenvalue weighted by Crippen LogP contribution is -2.14. The SMILES string of the molecule is Cc1cc(F)ccc1OCCOc1ccccc1C(N)=S. The highest BCUT2D eigenvalue weighted by atomic mass is 32.1. The summed E-state index contributed by atoms with van der Waals surface area (Å²) < 4.78 is 24.1. The van der Waals surface area contributed by atoms with Gasteiger partial charge in [0.25, 0.3) is 0 Å². The van der Waals surface area contributed by atoms with Gasteiger partial charge in [-0.1, -0.05) is 24.4 Å². The summed E-state index contributed by atoms with van der Waals surface area (Å²) >= 11 is 4.97. The van der Waals surface area contributed by atoms with Crippen LogP contribution in [0.3, 0.4) is 0 Å². The molecule has 5 heteroatoms. The molecule has 0 saturated heterocycles. The zero-order chi connectivity index (χ0) is 15.2. The van der Waals surface area contributed by atoms with Crippen LogP contribution in [0.2, 0.25) is 0 Å². The number of ether oxygens (including phenoxy) is 2. The molecule has 0 fully saturated rings. The third-order valence-electron chi connectivity index (χ3n) is 2.89. The molecule has 0 bridgehead atoms. The minimum atomic E-state index is -0.276. The fourth-order valence-electron chi connectivity index (χ4n) is 1.87. The summed E-state index contributed by atoms with van der Waals surface area (Å²) in [7, 11) is 0. The Morgan fingerprint density at radius 1 is 1.10 bits per heavy atom. The van der Waals surface area contributed by atoms with Crippen molar-refractivity contribution in [2.24, 2.45) is 5.73 Å². The Morgan fingerprint density at radius 3 is 2.43 bits per heavy atom. The van der Waals surface area contributed by atoms with Gasteiger partial charge in [-0.2, -0.15) is 0 Å². The number of nitrogens with two attached hydrogens (primary N) is 1. The first-order chi connectivity index (χ1) is 10.1. The molecule has 0 radical (unpaired) electrons. The van der Waals surface area contributed by atoms with E-state index in [9.17, 15) is 4.39 Å². The van der Waals surface area contributed by atoms with Crippen LogP contribution in [0.5, 0.6) is 11.5 Å². The van der Waals surface area contributed by atoms with Gasteiger partial charge in [0.2, 0.25) is 0 Å². The van der Waals surface area contributed by atoms with Gasteiger partial charge in [0.1, 0.15) is 35.5 Å². The molecule has 0 aromatic heterocycles. The normalized spacial score (nSPS) is 10.2.